The Morgan fingerprint density at radius 2 is 1.77 bits per heavy atom. The molecule has 0 aromatic heterocycles. The number of carbonyl (C=O) groups excluding carboxylic acids is 1. The van der Waals surface area contributed by atoms with Gasteiger partial charge in [-0.15, -0.1) is 0 Å². The smallest absolute Gasteiger partial charge is 0.410 e. The number of amides is 1. The van der Waals surface area contributed by atoms with Gasteiger partial charge in [0.2, 0.25) is 0 Å². The number of hydrogen-bond acceptors (Lipinski definition) is 4. The summed E-state index contributed by atoms with van der Waals surface area (Å²) in [5.74, 6) is 0. The van der Waals surface area contributed by atoms with Crippen LogP contribution in [-0.4, -0.2) is 55.3 Å². The van der Waals surface area contributed by atoms with Crippen molar-refractivity contribution in [1.29, 1.82) is 0 Å². The molecule has 2 atom stereocenters. The summed E-state index contributed by atoms with van der Waals surface area (Å²) in [7, 11) is -1.93. The van der Waals surface area contributed by atoms with E-state index in [1.54, 1.807) is 4.90 Å². The molecular formula is C16H33NO4Si. The average Bonchev–Trinajstić information content (AvgIpc) is 2.67. The molecule has 0 aromatic carbocycles. The highest BCUT2D eigenvalue weighted by atomic mass is 28.4. The molecule has 1 aliphatic rings. The van der Waals surface area contributed by atoms with Crippen molar-refractivity contribution in [3.05, 3.63) is 0 Å². The average molecular weight is 332 g/mol. The van der Waals surface area contributed by atoms with Gasteiger partial charge in [0, 0.05) is 6.54 Å². The van der Waals surface area contributed by atoms with E-state index in [1.807, 2.05) is 20.8 Å². The molecule has 0 aromatic rings. The number of likely N-dealkylation sites (tertiary alicyclic amines) is 1. The number of aliphatic hydroxyl groups excluding tert-OH is 1. The summed E-state index contributed by atoms with van der Waals surface area (Å²) in [4.78, 5) is 13.9. The summed E-state index contributed by atoms with van der Waals surface area (Å²) in [5, 5.41) is 9.84. The molecule has 1 unspecified atom stereocenters. The van der Waals surface area contributed by atoms with Crippen LogP contribution in [-0.2, 0) is 9.16 Å². The molecule has 1 rings (SSSR count). The van der Waals surface area contributed by atoms with Crippen LogP contribution in [0.15, 0.2) is 0 Å². The molecule has 0 bridgehead atoms. The SMILES string of the molecule is CC(C)(C)OC(=O)N1CC[C@@H](O[Si](C)(C)C(C)(C)C)C1CO. The van der Waals surface area contributed by atoms with Gasteiger partial charge in [-0.05, 0) is 45.3 Å². The third-order valence-corrected chi connectivity index (χ3v) is 9.06. The predicted octanol–water partition coefficient (Wildman–Crippen LogP) is 3.38. The zero-order valence-electron chi connectivity index (χ0n) is 15.4. The van der Waals surface area contributed by atoms with Crippen LogP contribution in [0, 0.1) is 0 Å². The minimum Gasteiger partial charge on any atom is -0.444 e. The second-order valence-electron chi connectivity index (χ2n) is 8.63. The van der Waals surface area contributed by atoms with E-state index in [0.29, 0.717) is 6.54 Å². The molecule has 1 saturated heterocycles. The summed E-state index contributed by atoms with van der Waals surface area (Å²) in [6.45, 7) is 17.0. The molecule has 1 heterocycles. The number of carbonyl (C=O) groups is 1. The third-order valence-electron chi connectivity index (χ3n) is 4.55. The van der Waals surface area contributed by atoms with Crippen LogP contribution >= 0.6 is 0 Å². The van der Waals surface area contributed by atoms with Gasteiger partial charge in [-0.25, -0.2) is 4.79 Å². The summed E-state index contributed by atoms with van der Waals surface area (Å²) in [6, 6.07) is -0.316. The van der Waals surface area contributed by atoms with Gasteiger partial charge >= 0.3 is 6.09 Å². The van der Waals surface area contributed by atoms with Crippen molar-refractivity contribution in [2.24, 2.45) is 0 Å². The van der Waals surface area contributed by atoms with Gasteiger partial charge in [0.25, 0.3) is 0 Å². The Labute approximate surface area is 136 Å². The van der Waals surface area contributed by atoms with E-state index in [-0.39, 0.29) is 29.9 Å². The van der Waals surface area contributed by atoms with E-state index in [1.165, 1.54) is 0 Å². The zero-order valence-corrected chi connectivity index (χ0v) is 16.4. The maximum atomic E-state index is 12.3. The third kappa shape index (κ3) is 4.70. The molecular weight excluding hydrogens is 298 g/mol. The lowest BCUT2D eigenvalue weighted by atomic mass is 10.2. The second kappa shape index (κ2) is 6.49. The van der Waals surface area contributed by atoms with Gasteiger partial charge in [0.15, 0.2) is 8.32 Å². The van der Waals surface area contributed by atoms with Gasteiger partial charge in [-0.2, -0.15) is 0 Å². The first kappa shape index (κ1) is 19.5. The molecule has 0 saturated carbocycles. The molecule has 0 spiro atoms. The van der Waals surface area contributed by atoms with Crippen molar-refractivity contribution >= 4 is 14.4 Å². The van der Waals surface area contributed by atoms with Crippen LogP contribution in [0.5, 0.6) is 0 Å². The van der Waals surface area contributed by atoms with E-state index < -0.39 is 13.9 Å². The Balaban J connectivity index is 2.80. The number of nitrogens with zero attached hydrogens (tertiary/aromatic N) is 1. The van der Waals surface area contributed by atoms with Gasteiger partial charge in [0.05, 0.1) is 18.8 Å². The molecule has 1 fully saturated rings. The van der Waals surface area contributed by atoms with Crippen molar-refractivity contribution in [2.45, 2.75) is 83.8 Å². The lowest BCUT2D eigenvalue weighted by Gasteiger charge is -2.40. The topological polar surface area (TPSA) is 59.0 Å². The number of hydrogen-bond donors (Lipinski definition) is 1. The van der Waals surface area contributed by atoms with Crippen LogP contribution in [0.2, 0.25) is 18.1 Å². The van der Waals surface area contributed by atoms with Crippen LogP contribution < -0.4 is 0 Å². The van der Waals surface area contributed by atoms with Gasteiger partial charge in [-0.3, -0.25) is 0 Å². The van der Waals surface area contributed by atoms with Crippen molar-refractivity contribution in [3.63, 3.8) is 0 Å². The Hall–Kier alpha value is -0.593. The first-order valence-corrected chi connectivity index (χ1v) is 11.0. The first-order chi connectivity index (χ1) is 9.78. The van der Waals surface area contributed by atoms with E-state index in [0.717, 1.165) is 6.42 Å². The Morgan fingerprint density at radius 1 is 1.23 bits per heavy atom. The Bertz CT molecular complexity index is 398. The minimum atomic E-state index is -1.93. The molecule has 1 amide bonds. The monoisotopic (exact) mass is 331 g/mol. The highest BCUT2D eigenvalue weighted by Crippen LogP contribution is 2.39. The van der Waals surface area contributed by atoms with Gasteiger partial charge < -0.3 is 19.2 Å². The largest absolute Gasteiger partial charge is 0.444 e. The van der Waals surface area contributed by atoms with Gasteiger partial charge in [0.1, 0.15) is 5.60 Å². The normalized spacial score (nSPS) is 23.8. The highest BCUT2D eigenvalue weighted by molar-refractivity contribution is 6.74. The number of ether oxygens (including phenoxy) is 1. The Kier molecular flexibility index (Phi) is 5.74. The maximum Gasteiger partial charge on any atom is 0.410 e. The van der Waals surface area contributed by atoms with Crippen molar-refractivity contribution in [3.8, 4) is 0 Å². The quantitative estimate of drug-likeness (QED) is 0.806. The van der Waals surface area contributed by atoms with E-state index >= 15 is 0 Å². The lowest BCUT2D eigenvalue weighted by Crippen LogP contribution is -2.50. The lowest BCUT2D eigenvalue weighted by molar-refractivity contribution is 0.00791. The van der Waals surface area contributed by atoms with E-state index in [2.05, 4.69) is 33.9 Å². The molecule has 6 heteroatoms. The first-order valence-electron chi connectivity index (χ1n) is 8.07. The molecule has 1 N–H and O–H groups in total. The molecule has 5 nitrogen and oxygen atoms in total. The fraction of sp³-hybridized carbons (Fsp3) is 0.938. The Morgan fingerprint density at radius 3 is 2.18 bits per heavy atom. The highest BCUT2D eigenvalue weighted by Gasteiger charge is 2.45. The van der Waals surface area contributed by atoms with E-state index in [9.17, 15) is 9.90 Å². The standard InChI is InChI=1S/C16H33NO4Si/c1-15(2,3)20-14(19)17-10-9-13(12(17)11-18)21-22(7,8)16(4,5)6/h12-13,18H,9-11H2,1-8H3/t12?,13-/m1/s1. The summed E-state index contributed by atoms with van der Waals surface area (Å²) in [6.07, 6.45) is 0.267. The number of rotatable bonds is 3. The van der Waals surface area contributed by atoms with E-state index in [4.69, 9.17) is 9.16 Å². The summed E-state index contributed by atoms with van der Waals surface area (Å²) in [5.41, 5.74) is -0.532. The summed E-state index contributed by atoms with van der Waals surface area (Å²) >= 11 is 0. The van der Waals surface area contributed by atoms with Gasteiger partial charge in [-0.1, -0.05) is 20.8 Å². The minimum absolute atomic E-state index is 0.0987. The maximum absolute atomic E-state index is 12.3. The molecule has 130 valence electrons. The summed E-state index contributed by atoms with van der Waals surface area (Å²) < 4.78 is 11.8. The number of aliphatic hydroxyl groups is 1. The predicted molar refractivity (Wildman–Crippen MR) is 90.5 cm³/mol. The fourth-order valence-corrected chi connectivity index (χ4v) is 3.67. The molecule has 22 heavy (non-hydrogen) atoms. The van der Waals surface area contributed by atoms with Crippen LogP contribution in [0.1, 0.15) is 48.0 Å². The molecule has 0 radical (unpaired) electrons. The van der Waals surface area contributed by atoms with Crippen molar-refractivity contribution in [1.82, 2.24) is 4.90 Å². The second-order valence-corrected chi connectivity index (χ2v) is 13.4. The molecule has 1 aliphatic heterocycles. The van der Waals surface area contributed by atoms with Crippen LogP contribution in [0.4, 0.5) is 4.79 Å². The molecule has 0 aliphatic carbocycles. The van der Waals surface area contributed by atoms with Crippen LogP contribution in [0.3, 0.4) is 0 Å². The fourth-order valence-electron chi connectivity index (χ4n) is 2.28. The van der Waals surface area contributed by atoms with Crippen molar-refractivity contribution in [2.75, 3.05) is 13.2 Å². The zero-order chi connectivity index (χ0) is 17.3. The van der Waals surface area contributed by atoms with Crippen molar-refractivity contribution < 1.29 is 19.1 Å². The van der Waals surface area contributed by atoms with Crippen LogP contribution in [0.25, 0.3) is 0 Å².